The van der Waals surface area contributed by atoms with Gasteiger partial charge in [-0.05, 0) is 18.6 Å². The first-order valence-electron chi connectivity index (χ1n) is 5.17. The Morgan fingerprint density at radius 2 is 2.12 bits per heavy atom. The number of aromatic hydroxyl groups is 2. The quantitative estimate of drug-likeness (QED) is 0.619. The first-order chi connectivity index (χ1) is 8.00. The van der Waals surface area contributed by atoms with Gasteiger partial charge in [0.1, 0.15) is 0 Å². The Hall–Kier alpha value is -1.82. The van der Waals surface area contributed by atoms with Gasteiger partial charge in [-0.2, -0.15) is 4.39 Å². The fraction of sp³-hybridized carbons (Fsp3) is 0.364. The van der Waals surface area contributed by atoms with Crippen molar-refractivity contribution in [1.29, 1.82) is 0 Å². The van der Waals surface area contributed by atoms with Gasteiger partial charge in [-0.15, -0.1) is 0 Å². The topological polar surface area (TPSA) is 89.8 Å². The molecule has 1 aromatic carbocycles. The summed E-state index contributed by atoms with van der Waals surface area (Å²) in [7, 11) is 0. The lowest BCUT2D eigenvalue weighted by Crippen LogP contribution is -2.17. The van der Waals surface area contributed by atoms with Crippen molar-refractivity contribution < 1.29 is 24.5 Å². The molecule has 1 aromatic rings. The summed E-state index contributed by atoms with van der Waals surface area (Å²) in [4.78, 5) is 10.8. The van der Waals surface area contributed by atoms with E-state index < -0.39 is 35.2 Å². The van der Waals surface area contributed by atoms with Crippen LogP contribution in [0, 0.1) is 11.7 Å². The van der Waals surface area contributed by atoms with Gasteiger partial charge in [0.05, 0.1) is 5.92 Å². The fourth-order valence-corrected chi connectivity index (χ4v) is 2.01. The van der Waals surface area contributed by atoms with E-state index in [9.17, 15) is 14.3 Å². The molecule has 0 radical (unpaired) electrons. The fourth-order valence-electron chi connectivity index (χ4n) is 2.01. The summed E-state index contributed by atoms with van der Waals surface area (Å²) in [6.45, 7) is 0.280. The molecule has 0 amide bonds. The van der Waals surface area contributed by atoms with Gasteiger partial charge < -0.3 is 20.6 Å². The maximum Gasteiger partial charge on any atom is 0.307 e. The van der Waals surface area contributed by atoms with Crippen LogP contribution in [0.4, 0.5) is 4.39 Å². The minimum Gasteiger partial charge on any atom is -0.505 e. The van der Waals surface area contributed by atoms with Crippen molar-refractivity contribution >= 4 is 5.97 Å². The molecular weight excluding hydrogens is 229 g/mol. The van der Waals surface area contributed by atoms with Gasteiger partial charge in [0.15, 0.2) is 11.5 Å². The molecule has 0 aromatic heterocycles. The van der Waals surface area contributed by atoms with E-state index in [2.05, 4.69) is 5.32 Å². The van der Waals surface area contributed by atoms with Crippen LogP contribution in [-0.2, 0) is 4.79 Å². The molecule has 17 heavy (non-hydrogen) atoms. The van der Waals surface area contributed by atoms with Crippen molar-refractivity contribution in [2.24, 2.45) is 5.92 Å². The highest BCUT2D eigenvalue weighted by atomic mass is 19.1. The first-order valence-corrected chi connectivity index (χ1v) is 5.17. The van der Waals surface area contributed by atoms with Crippen LogP contribution in [0.5, 0.6) is 11.5 Å². The Morgan fingerprint density at radius 3 is 2.71 bits per heavy atom. The Kier molecular flexibility index (Phi) is 2.89. The number of phenolic OH excluding ortho intramolecular Hbond substituents is 2. The first kappa shape index (κ1) is 11.7. The van der Waals surface area contributed by atoms with Crippen LogP contribution >= 0.6 is 0 Å². The zero-order valence-electron chi connectivity index (χ0n) is 8.85. The highest BCUT2D eigenvalue weighted by Gasteiger charge is 2.32. The van der Waals surface area contributed by atoms with Crippen LogP contribution in [0.1, 0.15) is 18.0 Å². The molecular formula is C11H12FNO4. The molecule has 0 saturated carbocycles. The molecule has 2 atom stereocenters. The summed E-state index contributed by atoms with van der Waals surface area (Å²) in [6, 6.07) is 2.11. The molecule has 1 fully saturated rings. The molecule has 2 rings (SSSR count). The van der Waals surface area contributed by atoms with Gasteiger partial charge in [0.25, 0.3) is 0 Å². The number of hydrogen-bond acceptors (Lipinski definition) is 4. The highest BCUT2D eigenvalue weighted by molar-refractivity contribution is 5.71. The Bertz CT molecular complexity index is 463. The molecule has 1 heterocycles. The van der Waals surface area contributed by atoms with Crippen molar-refractivity contribution in [2.75, 3.05) is 6.54 Å². The van der Waals surface area contributed by atoms with Crippen molar-refractivity contribution in [3.8, 4) is 11.5 Å². The van der Waals surface area contributed by atoms with Crippen LogP contribution in [0.2, 0.25) is 0 Å². The minimum absolute atomic E-state index is 0.268. The predicted octanol–water partition coefficient (Wildman–Crippen LogP) is 0.972. The minimum atomic E-state index is -1.08. The van der Waals surface area contributed by atoms with E-state index in [1.54, 1.807) is 0 Å². The van der Waals surface area contributed by atoms with Gasteiger partial charge in [0.2, 0.25) is 5.82 Å². The monoisotopic (exact) mass is 241 g/mol. The van der Waals surface area contributed by atoms with Gasteiger partial charge in [-0.1, -0.05) is 0 Å². The summed E-state index contributed by atoms with van der Waals surface area (Å²) in [6.07, 6.45) is 0.285. The van der Waals surface area contributed by atoms with Gasteiger partial charge in [-0.25, -0.2) is 0 Å². The second kappa shape index (κ2) is 4.21. The van der Waals surface area contributed by atoms with Crippen molar-refractivity contribution in [2.45, 2.75) is 12.5 Å². The van der Waals surface area contributed by atoms with Gasteiger partial charge in [-0.3, -0.25) is 4.79 Å². The maximum absolute atomic E-state index is 13.3. The lowest BCUT2D eigenvalue weighted by molar-refractivity contribution is -0.141. The molecule has 0 bridgehead atoms. The summed E-state index contributed by atoms with van der Waals surface area (Å²) in [5.41, 5.74) is 0.268. The highest BCUT2D eigenvalue weighted by Crippen LogP contribution is 2.36. The molecule has 4 N–H and O–H groups in total. The van der Waals surface area contributed by atoms with Crippen molar-refractivity contribution in [1.82, 2.24) is 5.32 Å². The Balaban J connectivity index is 2.25. The zero-order chi connectivity index (χ0) is 12.6. The lowest BCUT2D eigenvalue weighted by atomic mass is 9.99. The van der Waals surface area contributed by atoms with Crippen LogP contribution in [0.3, 0.4) is 0 Å². The third kappa shape index (κ3) is 2.03. The number of aliphatic carboxylic acids is 1. The summed E-state index contributed by atoms with van der Waals surface area (Å²) < 4.78 is 13.3. The average molecular weight is 241 g/mol. The average Bonchev–Trinajstić information content (AvgIpc) is 2.75. The number of hydrogen-bond donors (Lipinski definition) is 4. The standard InChI is InChI=1S/C11H12FNO4/c12-9-8(14)2-1-6(10(9)15)7-3-5(4-13-7)11(16)17/h1-2,5,7,13-15H,3-4H2,(H,16,17). The number of carboxylic acids is 1. The van der Waals surface area contributed by atoms with Crippen molar-refractivity contribution in [3.63, 3.8) is 0 Å². The number of phenols is 2. The van der Waals surface area contributed by atoms with Crippen LogP contribution < -0.4 is 5.32 Å². The normalized spacial score (nSPS) is 23.8. The van der Waals surface area contributed by atoms with Crippen LogP contribution in [-0.4, -0.2) is 27.8 Å². The van der Waals surface area contributed by atoms with E-state index in [1.165, 1.54) is 6.07 Å². The number of rotatable bonds is 2. The molecule has 2 unspecified atom stereocenters. The molecule has 1 saturated heterocycles. The Labute approximate surface area is 96.5 Å². The smallest absolute Gasteiger partial charge is 0.307 e. The van der Waals surface area contributed by atoms with E-state index in [1.807, 2.05) is 0 Å². The molecule has 0 spiro atoms. The second-order valence-electron chi connectivity index (χ2n) is 4.07. The molecule has 6 heteroatoms. The second-order valence-corrected chi connectivity index (χ2v) is 4.07. The van der Waals surface area contributed by atoms with E-state index in [-0.39, 0.29) is 18.5 Å². The third-order valence-electron chi connectivity index (χ3n) is 2.98. The van der Waals surface area contributed by atoms with E-state index in [0.717, 1.165) is 6.07 Å². The number of carboxylic acid groups (broad SMARTS) is 1. The summed E-state index contributed by atoms with van der Waals surface area (Å²) >= 11 is 0. The number of halogens is 1. The molecule has 1 aliphatic rings. The van der Waals surface area contributed by atoms with E-state index in [4.69, 9.17) is 10.2 Å². The van der Waals surface area contributed by atoms with Gasteiger partial charge in [0, 0.05) is 18.2 Å². The zero-order valence-corrected chi connectivity index (χ0v) is 8.85. The van der Waals surface area contributed by atoms with Gasteiger partial charge >= 0.3 is 5.97 Å². The number of benzene rings is 1. The molecule has 5 nitrogen and oxygen atoms in total. The lowest BCUT2D eigenvalue weighted by Gasteiger charge is -2.13. The van der Waals surface area contributed by atoms with E-state index >= 15 is 0 Å². The van der Waals surface area contributed by atoms with Crippen LogP contribution in [0.15, 0.2) is 12.1 Å². The third-order valence-corrected chi connectivity index (χ3v) is 2.98. The molecule has 1 aliphatic heterocycles. The summed E-state index contributed by atoms with van der Waals surface area (Å²) in [5.74, 6) is -3.80. The number of nitrogens with one attached hydrogen (secondary N) is 1. The summed E-state index contributed by atoms with van der Waals surface area (Å²) in [5, 5.41) is 30.3. The maximum atomic E-state index is 13.3. The van der Waals surface area contributed by atoms with E-state index in [0.29, 0.717) is 0 Å². The molecule has 92 valence electrons. The SMILES string of the molecule is O=C(O)C1CNC(c2ccc(O)c(F)c2O)C1. The Morgan fingerprint density at radius 1 is 1.41 bits per heavy atom. The molecule has 0 aliphatic carbocycles. The largest absolute Gasteiger partial charge is 0.505 e. The predicted molar refractivity (Wildman–Crippen MR) is 56.2 cm³/mol. The number of carbonyl (C=O) groups is 1. The van der Waals surface area contributed by atoms with Crippen molar-refractivity contribution in [3.05, 3.63) is 23.5 Å². The van der Waals surface area contributed by atoms with Crippen LogP contribution in [0.25, 0.3) is 0 Å².